The van der Waals surface area contributed by atoms with Crippen LogP contribution in [0.25, 0.3) is 11.4 Å². The molecule has 5 nitrogen and oxygen atoms in total. The minimum atomic E-state index is -0.342. The highest BCUT2D eigenvalue weighted by molar-refractivity contribution is 5.52. The van der Waals surface area contributed by atoms with Crippen molar-refractivity contribution in [3.05, 3.63) is 30.3 Å². The lowest BCUT2D eigenvalue weighted by molar-refractivity contribution is 0.173. The van der Waals surface area contributed by atoms with Gasteiger partial charge in [0.15, 0.2) is 0 Å². The summed E-state index contributed by atoms with van der Waals surface area (Å²) in [5, 5.41) is 21.3. The molecule has 84 valence electrons. The molecule has 1 heterocycles. The van der Waals surface area contributed by atoms with Gasteiger partial charge in [-0.05, 0) is 18.6 Å². The van der Waals surface area contributed by atoms with Crippen LogP contribution >= 0.6 is 0 Å². The number of benzene rings is 1. The summed E-state index contributed by atoms with van der Waals surface area (Å²) in [5.41, 5.74) is 0.950. The average molecular weight is 218 g/mol. The van der Waals surface area contributed by atoms with Crippen molar-refractivity contribution >= 4 is 0 Å². The van der Waals surface area contributed by atoms with Crippen LogP contribution in [-0.2, 0) is 6.54 Å². The van der Waals surface area contributed by atoms with Gasteiger partial charge < -0.3 is 5.11 Å². The van der Waals surface area contributed by atoms with E-state index in [1.807, 2.05) is 30.3 Å². The van der Waals surface area contributed by atoms with E-state index in [0.717, 1.165) is 5.56 Å². The van der Waals surface area contributed by atoms with Gasteiger partial charge in [-0.2, -0.15) is 4.80 Å². The number of aromatic nitrogens is 4. The maximum atomic E-state index is 9.15. The molecule has 16 heavy (non-hydrogen) atoms. The molecule has 5 heteroatoms. The van der Waals surface area contributed by atoms with Gasteiger partial charge >= 0.3 is 0 Å². The number of nitrogens with zero attached hydrogens (tertiary/aromatic N) is 4. The smallest absolute Gasteiger partial charge is 0.204 e. The lowest BCUT2D eigenvalue weighted by Gasteiger charge is -2.00. The number of aliphatic hydroxyl groups is 1. The van der Waals surface area contributed by atoms with Crippen LogP contribution < -0.4 is 0 Å². The van der Waals surface area contributed by atoms with Crippen molar-refractivity contribution < 1.29 is 5.11 Å². The highest BCUT2D eigenvalue weighted by Gasteiger charge is 2.05. The molecule has 0 aliphatic heterocycles. The zero-order valence-electron chi connectivity index (χ0n) is 9.11. The first kappa shape index (κ1) is 10.8. The normalized spacial score (nSPS) is 12.6. The van der Waals surface area contributed by atoms with Crippen molar-refractivity contribution in [1.82, 2.24) is 20.2 Å². The van der Waals surface area contributed by atoms with Crippen LogP contribution in [0.5, 0.6) is 0 Å². The van der Waals surface area contributed by atoms with Crippen molar-refractivity contribution in [1.29, 1.82) is 0 Å². The molecule has 0 saturated heterocycles. The average Bonchev–Trinajstić information content (AvgIpc) is 2.76. The summed E-state index contributed by atoms with van der Waals surface area (Å²) in [4.78, 5) is 1.51. The first-order valence-corrected chi connectivity index (χ1v) is 5.27. The van der Waals surface area contributed by atoms with Crippen LogP contribution in [-0.4, -0.2) is 31.4 Å². The number of hydrogen-bond donors (Lipinski definition) is 1. The lowest BCUT2D eigenvalue weighted by Crippen LogP contribution is -2.09. The number of aliphatic hydroxyl groups excluding tert-OH is 1. The predicted molar refractivity (Wildman–Crippen MR) is 59.6 cm³/mol. The molecule has 1 aromatic heterocycles. The summed E-state index contributed by atoms with van der Waals surface area (Å²) in [6, 6.07) is 9.70. The zero-order chi connectivity index (χ0) is 11.4. The Bertz CT molecular complexity index is 438. The van der Waals surface area contributed by atoms with Gasteiger partial charge in [0.2, 0.25) is 5.82 Å². The fraction of sp³-hybridized carbons (Fsp3) is 0.364. The molecule has 0 bridgehead atoms. The van der Waals surface area contributed by atoms with Gasteiger partial charge in [-0.3, -0.25) is 0 Å². The van der Waals surface area contributed by atoms with Crippen LogP contribution in [0.3, 0.4) is 0 Å². The summed E-state index contributed by atoms with van der Waals surface area (Å²) >= 11 is 0. The summed E-state index contributed by atoms with van der Waals surface area (Å²) < 4.78 is 0. The van der Waals surface area contributed by atoms with E-state index in [2.05, 4.69) is 15.4 Å². The van der Waals surface area contributed by atoms with Crippen LogP contribution in [0.15, 0.2) is 30.3 Å². The Labute approximate surface area is 93.7 Å². The van der Waals surface area contributed by atoms with E-state index >= 15 is 0 Å². The van der Waals surface area contributed by atoms with Crippen LogP contribution in [0.2, 0.25) is 0 Å². The third-order valence-electron chi connectivity index (χ3n) is 2.23. The summed E-state index contributed by atoms with van der Waals surface area (Å²) in [6.45, 7) is 2.33. The topological polar surface area (TPSA) is 63.8 Å². The molecule has 0 unspecified atom stereocenters. The fourth-order valence-corrected chi connectivity index (χ4v) is 1.34. The molecule has 0 aliphatic rings. The molecule has 0 amide bonds. The van der Waals surface area contributed by atoms with E-state index in [1.165, 1.54) is 4.80 Å². The number of tetrazole rings is 1. The third-order valence-corrected chi connectivity index (χ3v) is 2.23. The Morgan fingerprint density at radius 1 is 1.31 bits per heavy atom. The van der Waals surface area contributed by atoms with E-state index in [1.54, 1.807) is 6.92 Å². The van der Waals surface area contributed by atoms with E-state index in [4.69, 9.17) is 5.11 Å². The van der Waals surface area contributed by atoms with Gasteiger partial charge in [0.05, 0.1) is 12.6 Å². The summed E-state index contributed by atoms with van der Waals surface area (Å²) in [6.07, 6.45) is 0.288. The molecule has 0 spiro atoms. The molecular formula is C11H14N4O. The van der Waals surface area contributed by atoms with Crippen LogP contribution in [0.1, 0.15) is 13.3 Å². The highest BCUT2D eigenvalue weighted by Crippen LogP contribution is 2.11. The summed E-state index contributed by atoms with van der Waals surface area (Å²) in [5.74, 6) is 0.617. The third kappa shape index (κ3) is 2.64. The first-order chi connectivity index (χ1) is 7.75. The second kappa shape index (κ2) is 4.85. The van der Waals surface area contributed by atoms with E-state index < -0.39 is 0 Å². The van der Waals surface area contributed by atoms with Gasteiger partial charge in [-0.1, -0.05) is 30.3 Å². The highest BCUT2D eigenvalue weighted by atomic mass is 16.3. The molecule has 2 rings (SSSR count). The Hall–Kier alpha value is -1.75. The van der Waals surface area contributed by atoms with Crippen molar-refractivity contribution in [2.24, 2.45) is 0 Å². The van der Waals surface area contributed by atoms with Gasteiger partial charge in [0.25, 0.3) is 0 Å². The zero-order valence-corrected chi connectivity index (χ0v) is 9.11. The molecule has 0 aliphatic carbocycles. The van der Waals surface area contributed by atoms with Crippen molar-refractivity contribution in [3.8, 4) is 11.4 Å². The van der Waals surface area contributed by atoms with Crippen LogP contribution in [0, 0.1) is 0 Å². The van der Waals surface area contributed by atoms with Gasteiger partial charge in [0, 0.05) is 5.56 Å². The maximum absolute atomic E-state index is 9.15. The largest absolute Gasteiger partial charge is 0.393 e. The van der Waals surface area contributed by atoms with Gasteiger partial charge in [-0.15, -0.1) is 10.2 Å². The van der Waals surface area contributed by atoms with Gasteiger partial charge in [0.1, 0.15) is 0 Å². The Morgan fingerprint density at radius 2 is 2.06 bits per heavy atom. The Kier molecular flexibility index (Phi) is 3.26. The monoisotopic (exact) mass is 218 g/mol. The molecule has 2 aromatic rings. The van der Waals surface area contributed by atoms with Crippen molar-refractivity contribution in [2.45, 2.75) is 26.0 Å². The van der Waals surface area contributed by atoms with Gasteiger partial charge in [-0.25, -0.2) is 0 Å². The SMILES string of the molecule is C[C@@H](O)CCn1nnc(-c2ccccc2)n1. The number of rotatable bonds is 4. The molecule has 1 N–H and O–H groups in total. The number of aryl methyl sites for hydroxylation is 1. The minimum absolute atomic E-state index is 0.342. The van der Waals surface area contributed by atoms with Crippen molar-refractivity contribution in [3.63, 3.8) is 0 Å². The summed E-state index contributed by atoms with van der Waals surface area (Å²) in [7, 11) is 0. The minimum Gasteiger partial charge on any atom is -0.393 e. The second-order valence-electron chi connectivity index (χ2n) is 3.71. The molecule has 0 radical (unpaired) electrons. The second-order valence-corrected chi connectivity index (χ2v) is 3.71. The molecular weight excluding hydrogens is 204 g/mol. The Balaban J connectivity index is 2.08. The van der Waals surface area contributed by atoms with E-state index in [-0.39, 0.29) is 6.10 Å². The number of hydrogen-bond acceptors (Lipinski definition) is 4. The fourth-order valence-electron chi connectivity index (χ4n) is 1.34. The molecule has 0 fully saturated rings. The predicted octanol–water partition coefficient (Wildman–Crippen LogP) is 1.11. The quantitative estimate of drug-likeness (QED) is 0.835. The Morgan fingerprint density at radius 3 is 2.75 bits per heavy atom. The molecule has 1 aromatic carbocycles. The maximum Gasteiger partial charge on any atom is 0.204 e. The lowest BCUT2D eigenvalue weighted by atomic mass is 10.2. The first-order valence-electron chi connectivity index (χ1n) is 5.27. The standard InChI is InChI=1S/C11H14N4O/c1-9(16)7-8-15-13-11(12-14-15)10-5-3-2-4-6-10/h2-6,9,16H,7-8H2,1H3/t9-/m1/s1. The molecule has 1 atom stereocenters. The van der Waals surface area contributed by atoms with E-state index in [0.29, 0.717) is 18.8 Å². The van der Waals surface area contributed by atoms with Crippen molar-refractivity contribution in [2.75, 3.05) is 0 Å². The molecule has 0 saturated carbocycles. The van der Waals surface area contributed by atoms with E-state index in [9.17, 15) is 0 Å². The van der Waals surface area contributed by atoms with Crippen LogP contribution in [0.4, 0.5) is 0 Å².